The maximum Gasteiger partial charge on any atom is 0.303 e. The zero-order chi connectivity index (χ0) is 12.0. The first-order valence-electron chi connectivity index (χ1n) is 4.29. The Morgan fingerprint density at radius 2 is 1.07 bits per heavy atom. The molecule has 0 fully saturated rings. The average Bonchev–Trinajstić information content (AvgIpc) is 2.19. The SMILES string of the molecule is CCC(=O)O.CCC(=O)O.Cl.NCCN. The fourth-order valence-electron chi connectivity index (χ4n) is 0. The predicted molar refractivity (Wildman–Crippen MR) is 61.2 cm³/mol. The summed E-state index contributed by atoms with van der Waals surface area (Å²) in [5.74, 6) is -1.49. The van der Waals surface area contributed by atoms with Gasteiger partial charge in [-0.3, -0.25) is 9.59 Å². The molecule has 0 spiro atoms. The highest BCUT2D eigenvalue weighted by molar-refractivity contribution is 5.85. The number of nitrogens with two attached hydrogens (primary N) is 2. The number of carboxylic acids is 2. The van der Waals surface area contributed by atoms with Crippen LogP contribution in [0.4, 0.5) is 0 Å². The zero-order valence-corrected chi connectivity index (χ0v) is 9.92. The van der Waals surface area contributed by atoms with Gasteiger partial charge in [-0.25, -0.2) is 0 Å². The van der Waals surface area contributed by atoms with Gasteiger partial charge in [-0.2, -0.15) is 0 Å². The van der Waals surface area contributed by atoms with E-state index in [4.69, 9.17) is 21.7 Å². The van der Waals surface area contributed by atoms with Crippen LogP contribution in [0.15, 0.2) is 0 Å². The van der Waals surface area contributed by atoms with E-state index in [9.17, 15) is 9.59 Å². The van der Waals surface area contributed by atoms with Crippen molar-refractivity contribution in [1.82, 2.24) is 0 Å². The van der Waals surface area contributed by atoms with Gasteiger partial charge in [-0.05, 0) is 0 Å². The largest absolute Gasteiger partial charge is 0.481 e. The normalized spacial score (nSPS) is 6.93. The molecule has 0 bridgehead atoms. The molecule has 0 aliphatic rings. The maximum absolute atomic E-state index is 9.37. The van der Waals surface area contributed by atoms with E-state index < -0.39 is 11.9 Å². The molecule has 0 saturated heterocycles. The summed E-state index contributed by atoms with van der Waals surface area (Å²) in [6.45, 7) is 4.39. The Balaban J connectivity index is -0.0000000590. The van der Waals surface area contributed by atoms with Crippen LogP contribution in [0.5, 0.6) is 0 Å². The molecule has 7 heteroatoms. The van der Waals surface area contributed by atoms with E-state index >= 15 is 0 Å². The van der Waals surface area contributed by atoms with Gasteiger partial charge < -0.3 is 21.7 Å². The van der Waals surface area contributed by atoms with Crippen LogP contribution in [0, 0.1) is 0 Å². The van der Waals surface area contributed by atoms with E-state index in [0.29, 0.717) is 13.1 Å². The second-order valence-electron chi connectivity index (χ2n) is 2.07. The number of hydrogen-bond donors (Lipinski definition) is 4. The fourth-order valence-corrected chi connectivity index (χ4v) is 0. The van der Waals surface area contributed by atoms with Gasteiger partial charge in [0.15, 0.2) is 0 Å². The second-order valence-corrected chi connectivity index (χ2v) is 2.07. The van der Waals surface area contributed by atoms with Crippen molar-refractivity contribution in [2.24, 2.45) is 11.5 Å². The highest BCUT2D eigenvalue weighted by atomic mass is 35.5. The molecule has 0 unspecified atom stereocenters. The number of carboxylic acid groups (broad SMARTS) is 2. The molecular weight excluding hydrogens is 224 g/mol. The minimum absolute atomic E-state index is 0. The van der Waals surface area contributed by atoms with Gasteiger partial charge in [0.2, 0.25) is 0 Å². The molecule has 0 atom stereocenters. The van der Waals surface area contributed by atoms with Crippen molar-refractivity contribution in [3.63, 3.8) is 0 Å². The molecule has 0 radical (unpaired) electrons. The summed E-state index contributed by atoms with van der Waals surface area (Å²) in [5.41, 5.74) is 9.81. The predicted octanol–water partition coefficient (Wildman–Crippen LogP) is 0.288. The molecule has 0 amide bonds. The lowest BCUT2D eigenvalue weighted by Gasteiger charge is -1.72. The van der Waals surface area contributed by atoms with E-state index in [1.54, 1.807) is 13.8 Å². The molecule has 94 valence electrons. The molecule has 0 aromatic carbocycles. The second kappa shape index (κ2) is 23.2. The van der Waals surface area contributed by atoms with Crippen molar-refractivity contribution in [1.29, 1.82) is 0 Å². The Kier molecular flexibility index (Phi) is 36.7. The van der Waals surface area contributed by atoms with Crippen LogP contribution in [0.3, 0.4) is 0 Å². The zero-order valence-electron chi connectivity index (χ0n) is 9.10. The maximum atomic E-state index is 9.37. The van der Waals surface area contributed by atoms with Gasteiger partial charge in [-0.15, -0.1) is 12.4 Å². The molecule has 0 aromatic rings. The van der Waals surface area contributed by atoms with E-state index in [0.717, 1.165) is 0 Å². The topological polar surface area (TPSA) is 127 Å². The molecule has 0 saturated carbocycles. The summed E-state index contributed by atoms with van der Waals surface area (Å²) in [6, 6.07) is 0. The van der Waals surface area contributed by atoms with Gasteiger partial charge in [0.25, 0.3) is 0 Å². The van der Waals surface area contributed by atoms with Crippen molar-refractivity contribution >= 4 is 24.3 Å². The highest BCUT2D eigenvalue weighted by Crippen LogP contribution is 1.67. The lowest BCUT2D eigenvalue weighted by molar-refractivity contribution is -0.137. The monoisotopic (exact) mass is 244 g/mol. The summed E-state index contributed by atoms with van der Waals surface area (Å²) in [6.07, 6.45) is 0.444. The first-order valence-corrected chi connectivity index (χ1v) is 4.29. The van der Waals surface area contributed by atoms with Crippen molar-refractivity contribution in [3.8, 4) is 0 Å². The van der Waals surface area contributed by atoms with Gasteiger partial charge >= 0.3 is 11.9 Å². The quantitative estimate of drug-likeness (QED) is 0.565. The minimum atomic E-state index is -0.745. The third-order valence-corrected chi connectivity index (χ3v) is 0.772. The van der Waals surface area contributed by atoms with Crippen molar-refractivity contribution in [2.75, 3.05) is 13.1 Å². The molecule has 0 aliphatic carbocycles. The Morgan fingerprint density at radius 3 is 1.07 bits per heavy atom. The summed E-state index contributed by atoms with van der Waals surface area (Å²) in [7, 11) is 0. The van der Waals surface area contributed by atoms with Crippen LogP contribution in [0.25, 0.3) is 0 Å². The van der Waals surface area contributed by atoms with Gasteiger partial charge in [0.05, 0.1) is 0 Å². The Morgan fingerprint density at radius 1 is 0.933 bits per heavy atom. The molecule has 0 rings (SSSR count). The number of aliphatic carboxylic acids is 2. The van der Waals surface area contributed by atoms with Gasteiger partial charge in [0, 0.05) is 25.9 Å². The van der Waals surface area contributed by atoms with Crippen molar-refractivity contribution < 1.29 is 19.8 Å². The molecule has 0 aliphatic heterocycles. The fraction of sp³-hybridized carbons (Fsp3) is 0.750. The van der Waals surface area contributed by atoms with E-state index in [1.807, 2.05) is 0 Å². The van der Waals surface area contributed by atoms with Crippen LogP contribution in [0.1, 0.15) is 26.7 Å². The average molecular weight is 245 g/mol. The first-order chi connectivity index (χ1) is 6.45. The van der Waals surface area contributed by atoms with Crippen LogP contribution in [-0.2, 0) is 9.59 Å². The van der Waals surface area contributed by atoms with Crippen LogP contribution < -0.4 is 11.5 Å². The lowest BCUT2D eigenvalue weighted by atomic mass is 10.5. The lowest BCUT2D eigenvalue weighted by Crippen LogP contribution is -2.11. The van der Waals surface area contributed by atoms with Crippen LogP contribution >= 0.6 is 12.4 Å². The number of halogens is 1. The van der Waals surface area contributed by atoms with Gasteiger partial charge in [0.1, 0.15) is 0 Å². The molecule has 6 nitrogen and oxygen atoms in total. The summed E-state index contributed by atoms with van der Waals surface area (Å²) >= 11 is 0. The van der Waals surface area contributed by atoms with E-state index in [2.05, 4.69) is 0 Å². The summed E-state index contributed by atoms with van der Waals surface area (Å²) in [4.78, 5) is 18.7. The molecule has 0 heterocycles. The molecule has 6 N–H and O–H groups in total. The summed E-state index contributed by atoms with van der Waals surface area (Å²) in [5, 5.41) is 15.4. The standard InChI is InChI=1S/2C3H6O2.C2H8N2.ClH/c2*1-2-3(4)5;3-1-2-4;/h2*2H2,1H3,(H,4,5);1-4H2;1H. The minimum Gasteiger partial charge on any atom is -0.481 e. The smallest absolute Gasteiger partial charge is 0.303 e. The highest BCUT2D eigenvalue weighted by Gasteiger charge is 1.81. The number of rotatable bonds is 3. The van der Waals surface area contributed by atoms with E-state index in [-0.39, 0.29) is 25.2 Å². The molecule has 0 aromatic heterocycles. The third kappa shape index (κ3) is 94.9. The van der Waals surface area contributed by atoms with Crippen molar-refractivity contribution in [2.45, 2.75) is 26.7 Å². The van der Waals surface area contributed by atoms with Crippen LogP contribution in [-0.4, -0.2) is 35.2 Å². The summed E-state index contributed by atoms with van der Waals surface area (Å²) < 4.78 is 0. The first kappa shape index (κ1) is 23.8. The van der Waals surface area contributed by atoms with E-state index in [1.165, 1.54) is 0 Å². The van der Waals surface area contributed by atoms with Crippen molar-refractivity contribution in [3.05, 3.63) is 0 Å². The Hall–Kier alpha value is -0.850. The molecule has 15 heavy (non-hydrogen) atoms. The number of carbonyl (C=O) groups is 2. The molecular formula is C8H21ClN2O4. The Bertz CT molecular complexity index is 129. The number of hydrogen-bond acceptors (Lipinski definition) is 4. The van der Waals surface area contributed by atoms with Gasteiger partial charge in [-0.1, -0.05) is 13.8 Å². The van der Waals surface area contributed by atoms with Crippen LogP contribution in [0.2, 0.25) is 0 Å². The third-order valence-electron chi connectivity index (χ3n) is 0.772. The Labute approximate surface area is 96.0 Å².